The molecular weight excluding hydrogens is 276 g/mol. The predicted octanol–water partition coefficient (Wildman–Crippen LogP) is 1.45. The van der Waals surface area contributed by atoms with Gasteiger partial charge in [0.2, 0.25) is 5.91 Å². The SMILES string of the molecule is CCN(CC(=O)OC)C(=O)Cc1nc(CCl)cs1. The molecule has 0 spiro atoms. The molecule has 0 fully saturated rings. The number of amides is 1. The highest BCUT2D eigenvalue weighted by Crippen LogP contribution is 2.13. The second-order valence-electron chi connectivity index (χ2n) is 3.53. The zero-order valence-electron chi connectivity index (χ0n) is 10.3. The largest absolute Gasteiger partial charge is 0.468 e. The molecule has 100 valence electrons. The standard InChI is InChI=1S/C11H15ClN2O3S/c1-3-14(6-11(16)17-2)10(15)4-9-13-8(5-12)7-18-9/h7H,3-6H2,1-2H3. The predicted molar refractivity (Wildman–Crippen MR) is 69.6 cm³/mol. The Hall–Kier alpha value is -1.14. The van der Waals surface area contributed by atoms with E-state index in [-0.39, 0.29) is 18.9 Å². The van der Waals surface area contributed by atoms with Crippen LogP contribution in [0.15, 0.2) is 5.38 Å². The summed E-state index contributed by atoms with van der Waals surface area (Å²) in [5, 5.41) is 2.53. The quantitative estimate of drug-likeness (QED) is 0.588. The Balaban J connectivity index is 2.59. The van der Waals surface area contributed by atoms with Crippen molar-refractivity contribution in [2.24, 2.45) is 0 Å². The van der Waals surface area contributed by atoms with Gasteiger partial charge in [-0.15, -0.1) is 22.9 Å². The van der Waals surface area contributed by atoms with Crippen LogP contribution >= 0.6 is 22.9 Å². The number of hydrogen-bond acceptors (Lipinski definition) is 5. The molecular formula is C11H15ClN2O3S. The third-order valence-corrected chi connectivity index (χ3v) is 3.49. The van der Waals surface area contributed by atoms with Crippen LogP contribution in [0, 0.1) is 0 Å². The summed E-state index contributed by atoms with van der Waals surface area (Å²) in [6.45, 7) is 2.24. The van der Waals surface area contributed by atoms with Crippen LogP contribution in [0.5, 0.6) is 0 Å². The third kappa shape index (κ3) is 4.27. The number of carbonyl (C=O) groups is 2. The number of likely N-dealkylation sites (N-methyl/N-ethyl adjacent to an activating group) is 1. The van der Waals surface area contributed by atoms with Gasteiger partial charge in [-0.1, -0.05) is 0 Å². The van der Waals surface area contributed by atoms with Gasteiger partial charge in [-0.2, -0.15) is 0 Å². The first-order valence-corrected chi connectivity index (χ1v) is 6.86. The summed E-state index contributed by atoms with van der Waals surface area (Å²) in [6.07, 6.45) is 0.187. The Bertz CT molecular complexity index is 422. The first kappa shape index (κ1) is 14.9. The number of thiazole rings is 1. The van der Waals surface area contributed by atoms with Crippen LogP contribution in [0.1, 0.15) is 17.6 Å². The minimum atomic E-state index is -0.425. The molecule has 1 aromatic rings. The molecule has 0 aliphatic rings. The molecule has 0 aliphatic carbocycles. The fourth-order valence-corrected chi connectivity index (χ4v) is 2.34. The summed E-state index contributed by atoms with van der Waals surface area (Å²) in [6, 6.07) is 0. The molecule has 0 bridgehead atoms. The number of hydrogen-bond donors (Lipinski definition) is 0. The van der Waals surface area contributed by atoms with Crippen molar-refractivity contribution in [2.75, 3.05) is 20.2 Å². The molecule has 0 radical (unpaired) electrons. The van der Waals surface area contributed by atoms with Gasteiger partial charge in [0.05, 0.1) is 25.1 Å². The Labute approximate surface area is 115 Å². The van der Waals surface area contributed by atoms with E-state index in [2.05, 4.69) is 9.72 Å². The molecule has 0 unspecified atom stereocenters. The second kappa shape index (κ2) is 7.33. The number of carbonyl (C=O) groups excluding carboxylic acids is 2. The van der Waals surface area contributed by atoms with Crippen molar-refractivity contribution in [3.05, 3.63) is 16.1 Å². The lowest BCUT2D eigenvalue weighted by Crippen LogP contribution is -2.37. The molecule has 18 heavy (non-hydrogen) atoms. The summed E-state index contributed by atoms with van der Waals surface area (Å²) in [7, 11) is 1.30. The van der Waals surface area contributed by atoms with Crippen LogP contribution in [0.4, 0.5) is 0 Å². The van der Waals surface area contributed by atoms with Gasteiger partial charge in [-0.25, -0.2) is 4.98 Å². The molecule has 0 saturated carbocycles. The summed E-state index contributed by atoms with van der Waals surface area (Å²) in [5.74, 6) is -0.228. The number of nitrogens with zero attached hydrogens (tertiary/aromatic N) is 2. The summed E-state index contributed by atoms with van der Waals surface area (Å²) >= 11 is 7.04. The highest BCUT2D eigenvalue weighted by atomic mass is 35.5. The van der Waals surface area contributed by atoms with Crippen LogP contribution < -0.4 is 0 Å². The van der Waals surface area contributed by atoms with E-state index in [0.29, 0.717) is 17.4 Å². The molecule has 0 atom stereocenters. The van der Waals surface area contributed by atoms with E-state index in [1.165, 1.54) is 23.3 Å². The third-order valence-electron chi connectivity index (χ3n) is 2.32. The van der Waals surface area contributed by atoms with Crippen molar-refractivity contribution >= 4 is 34.8 Å². The minimum Gasteiger partial charge on any atom is -0.468 e. The molecule has 0 aliphatic heterocycles. The highest BCUT2D eigenvalue weighted by molar-refractivity contribution is 7.09. The van der Waals surface area contributed by atoms with Crippen molar-refractivity contribution in [3.63, 3.8) is 0 Å². The number of alkyl halides is 1. The average molecular weight is 291 g/mol. The van der Waals surface area contributed by atoms with Crippen molar-refractivity contribution in [1.29, 1.82) is 0 Å². The Morgan fingerprint density at radius 1 is 1.56 bits per heavy atom. The van der Waals surface area contributed by atoms with E-state index < -0.39 is 5.97 Å². The topological polar surface area (TPSA) is 59.5 Å². The van der Waals surface area contributed by atoms with Crippen molar-refractivity contribution in [1.82, 2.24) is 9.88 Å². The normalized spacial score (nSPS) is 10.2. The number of methoxy groups -OCH3 is 1. The molecule has 0 N–H and O–H groups in total. The number of halogens is 1. The van der Waals surface area contributed by atoms with Crippen LogP contribution in [-0.2, 0) is 26.6 Å². The number of aromatic nitrogens is 1. The van der Waals surface area contributed by atoms with Crippen LogP contribution in [0.2, 0.25) is 0 Å². The molecule has 1 aromatic heterocycles. The van der Waals surface area contributed by atoms with Gasteiger partial charge in [-0.05, 0) is 6.92 Å². The average Bonchev–Trinajstić information content (AvgIpc) is 2.82. The van der Waals surface area contributed by atoms with Crippen molar-refractivity contribution in [2.45, 2.75) is 19.2 Å². The fourth-order valence-electron chi connectivity index (χ4n) is 1.33. The highest BCUT2D eigenvalue weighted by Gasteiger charge is 2.17. The van der Waals surface area contributed by atoms with E-state index in [1.807, 2.05) is 12.3 Å². The minimum absolute atomic E-state index is 0.0282. The Morgan fingerprint density at radius 3 is 2.78 bits per heavy atom. The van der Waals surface area contributed by atoms with E-state index in [1.54, 1.807) is 0 Å². The van der Waals surface area contributed by atoms with Gasteiger partial charge in [0.15, 0.2) is 0 Å². The van der Waals surface area contributed by atoms with E-state index >= 15 is 0 Å². The Morgan fingerprint density at radius 2 is 2.28 bits per heavy atom. The monoisotopic (exact) mass is 290 g/mol. The van der Waals surface area contributed by atoms with Gasteiger partial charge in [0, 0.05) is 11.9 Å². The van der Waals surface area contributed by atoms with Crippen LogP contribution in [-0.4, -0.2) is 42.0 Å². The first-order chi connectivity index (χ1) is 8.60. The molecule has 7 heteroatoms. The molecule has 1 rings (SSSR count). The van der Waals surface area contributed by atoms with Gasteiger partial charge in [0.25, 0.3) is 0 Å². The van der Waals surface area contributed by atoms with Gasteiger partial charge in [-0.3, -0.25) is 9.59 Å². The van der Waals surface area contributed by atoms with E-state index in [0.717, 1.165) is 5.69 Å². The van der Waals surface area contributed by atoms with Gasteiger partial charge >= 0.3 is 5.97 Å². The molecule has 0 saturated heterocycles. The lowest BCUT2D eigenvalue weighted by Gasteiger charge is -2.18. The molecule has 1 heterocycles. The zero-order valence-corrected chi connectivity index (χ0v) is 11.9. The van der Waals surface area contributed by atoms with Crippen molar-refractivity contribution < 1.29 is 14.3 Å². The van der Waals surface area contributed by atoms with E-state index in [9.17, 15) is 9.59 Å². The lowest BCUT2D eigenvalue weighted by atomic mass is 10.3. The second-order valence-corrected chi connectivity index (χ2v) is 4.74. The summed E-state index contributed by atoms with van der Waals surface area (Å²) < 4.78 is 4.54. The molecule has 0 aromatic carbocycles. The smallest absolute Gasteiger partial charge is 0.325 e. The van der Waals surface area contributed by atoms with Crippen molar-refractivity contribution in [3.8, 4) is 0 Å². The van der Waals surface area contributed by atoms with Crippen LogP contribution in [0.3, 0.4) is 0 Å². The van der Waals surface area contributed by atoms with Gasteiger partial charge in [0.1, 0.15) is 11.6 Å². The molecule has 1 amide bonds. The zero-order chi connectivity index (χ0) is 13.5. The maximum Gasteiger partial charge on any atom is 0.325 e. The van der Waals surface area contributed by atoms with Gasteiger partial charge < -0.3 is 9.64 Å². The number of esters is 1. The maximum atomic E-state index is 11.9. The van der Waals surface area contributed by atoms with E-state index in [4.69, 9.17) is 11.6 Å². The first-order valence-electron chi connectivity index (χ1n) is 5.44. The maximum absolute atomic E-state index is 11.9. The summed E-state index contributed by atoms with van der Waals surface area (Å²) in [4.78, 5) is 28.7. The Kier molecular flexibility index (Phi) is 6.07. The lowest BCUT2D eigenvalue weighted by molar-refractivity contribution is -0.146. The van der Waals surface area contributed by atoms with Crippen LogP contribution in [0.25, 0.3) is 0 Å². The summed E-state index contributed by atoms with van der Waals surface area (Å²) in [5.41, 5.74) is 0.764. The number of rotatable bonds is 6. The number of ether oxygens (including phenoxy) is 1. The molecule has 5 nitrogen and oxygen atoms in total. The fraction of sp³-hybridized carbons (Fsp3) is 0.545.